The van der Waals surface area contributed by atoms with Gasteiger partial charge in [-0.25, -0.2) is 4.39 Å². The minimum absolute atomic E-state index is 0.00653. The zero-order chi connectivity index (χ0) is 13.0. The van der Waals surface area contributed by atoms with E-state index in [1.807, 2.05) is 6.92 Å². The summed E-state index contributed by atoms with van der Waals surface area (Å²) in [4.78, 5) is 11.6. The number of rotatable bonds is 3. The topological polar surface area (TPSA) is 56.2 Å². The van der Waals surface area contributed by atoms with Gasteiger partial charge < -0.3 is 5.32 Å². The van der Waals surface area contributed by atoms with Crippen LogP contribution in [0.4, 0.5) is 4.39 Å². The second-order valence-corrected chi connectivity index (χ2v) is 4.46. The van der Waals surface area contributed by atoms with E-state index in [1.165, 1.54) is 13.1 Å². The number of benzene rings is 1. The van der Waals surface area contributed by atoms with Gasteiger partial charge in [-0.05, 0) is 40.5 Å². The van der Waals surface area contributed by atoms with E-state index in [4.69, 9.17) is 5.41 Å². The number of halogens is 2. The van der Waals surface area contributed by atoms with Crippen molar-refractivity contribution in [1.29, 1.82) is 5.41 Å². The second kappa shape index (κ2) is 5.77. The van der Waals surface area contributed by atoms with Crippen molar-refractivity contribution in [2.24, 2.45) is 0 Å². The fourth-order valence-corrected chi connectivity index (χ4v) is 1.62. The number of carbonyl (C=O) groups excluding carboxylic acids is 1. The molecule has 0 heterocycles. The Kier molecular flexibility index (Phi) is 4.62. The molecule has 0 saturated carbocycles. The van der Waals surface area contributed by atoms with Crippen molar-refractivity contribution in [3.8, 4) is 0 Å². The maximum atomic E-state index is 13.0. The highest BCUT2D eigenvalue weighted by atomic mass is 79.9. The Hall–Kier alpha value is -1.43. The largest absolute Gasteiger partial charge is 0.350 e. The fourth-order valence-electron chi connectivity index (χ4n) is 1.22. The number of hydrogen-bond acceptors (Lipinski definition) is 2. The first-order valence-corrected chi connectivity index (χ1v) is 5.73. The summed E-state index contributed by atoms with van der Waals surface area (Å²) in [6, 6.07) is 4.43. The van der Waals surface area contributed by atoms with E-state index in [0.29, 0.717) is 10.9 Å². The molecule has 0 aliphatic rings. The van der Waals surface area contributed by atoms with Crippen LogP contribution in [0.5, 0.6) is 0 Å². The average Bonchev–Trinajstić information content (AvgIpc) is 2.31. The molecule has 92 valence electrons. The smallest absolute Gasteiger partial charge is 0.216 e. The highest BCUT2D eigenvalue weighted by Crippen LogP contribution is 2.21. The van der Waals surface area contributed by atoms with Crippen LogP contribution in [-0.2, 0) is 4.79 Å². The highest BCUT2D eigenvalue weighted by Gasteiger charge is 2.11. The van der Waals surface area contributed by atoms with E-state index in [-0.39, 0.29) is 17.8 Å². The molecule has 0 radical (unpaired) electrons. The molecule has 1 rings (SSSR count). The van der Waals surface area contributed by atoms with Gasteiger partial charge in [0.2, 0.25) is 6.41 Å². The van der Waals surface area contributed by atoms with E-state index in [9.17, 15) is 9.18 Å². The number of hydrogen-bond donors (Lipinski definition) is 2. The molecule has 0 bridgehead atoms. The van der Waals surface area contributed by atoms with Crippen LogP contribution in [0.2, 0.25) is 0 Å². The van der Waals surface area contributed by atoms with Crippen LogP contribution >= 0.6 is 15.9 Å². The molecule has 1 aromatic rings. The molecular formula is C11H13BrFN3O. The van der Waals surface area contributed by atoms with E-state index < -0.39 is 0 Å². The number of guanidine groups is 1. The molecule has 1 amide bonds. The Bertz CT molecular complexity index is 439. The van der Waals surface area contributed by atoms with Crippen LogP contribution in [0.3, 0.4) is 0 Å². The monoisotopic (exact) mass is 301 g/mol. The van der Waals surface area contributed by atoms with Crippen molar-refractivity contribution < 1.29 is 9.18 Å². The number of nitrogens with one attached hydrogen (secondary N) is 2. The van der Waals surface area contributed by atoms with Gasteiger partial charge in [-0.2, -0.15) is 0 Å². The molecular weight excluding hydrogens is 289 g/mol. The minimum atomic E-state index is -0.332. The molecule has 1 aromatic carbocycles. The van der Waals surface area contributed by atoms with Gasteiger partial charge in [0.15, 0.2) is 5.96 Å². The molecule has 1 unspecified atom stereocenters. The first-order valence-electron chi connectivity index (χ1n) is 4.94. The number of carbonyl (C=O) groups is 1. The van der Waals surface area contributed by atoms with Gasteiger partial charge >= 0.3 is 0 Å². The van der Waals surface area contributed by atoms with E-state index >= 15 is 0 Å². The zero-order valence-electron chi connectivity index (χ0n) is 9.50. The summed E-state index contributed by atoms with van der Waals surface area (Å²) in [5, 5.41) is 10.4. The first-order chi connectivity index (χ1) is 7.95. The summed E-state index contributed by atoms with van der Waals surface area (Å²) >= 11 is 3.10. The third-order valence-electron chi connectivity index (χ3n) is 2.31. The van der Waals surface area contributed by atoms with E-state index in [0.717, 1.165) is 10.5 Å². The molecule has 4 nitrogen and oxygen atoms in total. The lowest BCUT2D eigenvalue weighted by molar-refractivity contribution is -0.114. The first kappa shape index (κ1) is 13.6. The Balaban J connectivity index is 2.76. The SMILES string of the molecule is CC(NC(=N)N(C)C=O)c1ccc(F)c(Br)c1. The second-order valence-electron chi connectivity index (χ2n) is 3.60. The Morgan fingerprint density at radius 3 is 2.82 bits per heavy atom. The molecule has 0 aliphatic carbocycles. The number of amides is 1. The molecule has 0 saturated heterocycles. The quantitative estimate of drug-likeness (QED) is 0.511. The van der Waals surface area contributed by atoms with Crippen molar-refractivity contribution in [1.82, 2.24) is 10.2 Å². The molecule has 0 aromatic heterocycles. The van der Waals surface area contributed by atoms with Gasteiger partial charge in [0.25, 0.3) is 0 Å². The summed E-state index contributed by atoms with van der Waals surface area (Å²) in [5.41, 5.74) is 0.822. The predicted molar refractivity (Wildman–Crippen MR) is 67.2 cm³/mol. The molecule has 1 atom stereocenters. The van der Waals surface area contributed by atoms with E-state index in [2.05, 4.69) is 21.2 Å². The number of nitrogens with zero attached hydrogens (tertiary/aromatic N) is 1. The van der Waals surface area contributed by atoms with Crippen LogP contribution in [0.1, 0.15) is 18.5 Å². The molecule has 0 aliphatic heterocycles. The minimum Gasteiger partial charge on any atom is -0.350 e. The third-order valence-corrected chi connectivity index (χ3v) is 2.92. The van der Waals surface area contributed by atoms with Crippen molar-refractivity contribution >= 4 is 28.3 Å². The molecule has 0 spiro atoms. The van der Waals surface area contributed by atoms with Crippen LogP contribution in [0.25, 0.3) is 0 Å². The van der Waals surface area contributed by atoms with Gasteiger partial charge in [0.05, 0.1) is 10.5 Å². The Labute approximate surface area is 107 Å². The standard InChI is InChI=1S/C11H13BrFN3O/c1-7(15-11(14)16(2)6-17)8-3-4-10(13)9(12)5-8/h3-7H,1-2H3,(H2,14,15). The summed E-state index contributed by atoms with van der Waals surface area (Å²) in [5.74, 6) is -0.339. The summed E-state index contributed by atoms with van der Waals surface area (Å²) in [7, 11) is 1.48. The van der Waals surface area contributed by atoms with Gasteiger partial charge in [0.1, 0.15) is 5.82 Å². The van der Waals surface area contributed by atoms with Crippen molar-refractivity contribution in [3.63, 3.8) is 0 Å². The Morgan fingerprint density at radius 2 is 2.29 bits per heavy atom. The summed E-state index contributed by atoms with van der Waals surface area (Å²) < 4.78 is 13.4. The molecule has 2 N–H and O–H groups in total. The predicted octanol–water partition coefficient (Wildman–Crippen LogP) is 2.26. The lowest BCUT2D eigenvalue weighted by atomic mass is 10.1. The normalized spacial score (nSPS) is 11.8. The highest BCUT2D eigenvalue weighted by molar-refractivity contribution is 9.10. The fraction of sp³-hybridized carbons (Fsp3) is 0.273. The molecule has 6 heteroatoms. The van der Waals surface area contributed by atoms with Crippen LogP contribution < -0.4 is 5.32 Å². The van der Waals surface area contributed by atoms with Crippen LogP contribution in [-0.4, -0.2) is 24.3 Å². The van der Waals surface area contributed by atoms with Crippen molar-refractivity contribution in [2.45, 2.75) is 13.0 Å². The van der Waals surface area contributed by atoms with Crippen molar-refractivity contribution in [2.75, 3.05) is 7.05 Å². The van der Waals surface area contributed by atoms with Gasteiger partial charge in [0, 0.05) is 7.05 Å². The lowest BCUT2D eigenvalue weighted by Crippen LogP contribution is -2.38. The molecule has 0 fully saturated rings. The average molecular weight is 302 g/mol. The lowest BCUT2D eigenvalue weighted by Gasteiger charge is -2.20. The van der Waals surface area contributed by atoms with E-state index in [1.54, 1.807) is 12.1 Å². The van der Waals surface area contributed by atoms with Crippen molar-refractivity contribution in [3.05, 3.63) is 34.1 Å². The van der Waals surface area contributed by atoms with Gasteiger partial charge in [-0.3, -0.25) is 15.1 Å². The van der Waals surface area contributed by atoms with Gasteiger partial charge in [-0.1, -0.05) is 6.07 Å². The van der Waals surface area contributed by atoms with Gasteiger partial charge in [-0.15, -0.1) is 0 Å². The third kappa shape index (κ3) is 3.52. The van der Waals surface area contributed by atoms with Crippen LogP contribution in [0.15, 0.2) is 22.7 Å². The van der Waals surface area contributed by atoms with Crippen LogP contribution in [0, 0.1) is 11.2 Å². The maximum absolute atomic E-state index is 13.0. The summed E-state index contributed by atoms with van der Waals surface area (Å²) in [6.07, 6.45) is 0.544. The molecule has 17 heavy (non-hydrogen) atoms. The Morgan fingerprint density at radius 1 is 1.65 bits per heavy atom. The summed E-state index contributed by atoms with van der Waals surface area (Å²) in [6.45, 7) is 1.83. The zero-order valence-corrected chi connectivity index (χ0v) is 11.1. The maximum Gasteiger partial charge on any atom is 0.216 e.